The Morgan fingerprint density at radius 1 is 1.26 bits per heavy atom. The average molecular weight is 272 g/mol. The van der Waals surface area contributed by atoms with Crippen molar-refractivity contribution in [2.45, 2.75) is 38.8 Å². The van der Waals surface area contributed by atoms with Gasteiger partial charge in [0.25, 0.3) is 5.91 Å². The van der Waals surface area contributed by atoms with Crippen LogP contribution in [0, 0.1) is 11.6 Å². The fourth-order valence-corrected chi connectivity index (χ4v) is 1.28. The van der Waals surface area contributed by atoms with E-state index in [4.69, 9.17) is 5.73 Å². The first-order valence-corrected chi connectivity index (χ1v) is 5.76. The summed E-state index contributed by atoms with van der Waals surface area (Å²) in [7, 11) is 0. The van der Waals surface area contributed by atoms with Crippen molar-refractivity contribution in [2.24, 2.45) is 0 Å². The van der Waals surface area contributed by atoms with Crippen LogP contribution in [0.15, 0.2) is 12.1 Å². The van der Waals surface area contributed by atoms with Gasteiger partial charge >= 0.3 is 0 Å². The number of anilines is 1. The largest absolute Gasteiger partial charge is 0.396 e. The molecule has 1 aromatic rings. The van der Waals surface area contributed by atoms with E-state index < -0.39 is 34.2 Å². The van der Waals surface area contributed by atoms with Crippen molar-refractivity contribution >= 4 is 11.6 Å². The molecular formula is C13H18F2N2O2. The third-order valence-corrected chi connectivity index (χ3v) is 3.30. The molecule has 4 N–H and O–H groups in total. The molecule has 0 atom stereocenters. The number of carbonyl (C=O) groups excluding carboxylic acids is 1. The van der Waals surface area contributed by atoms with Gasteiger partial charge in [-0.25, -0.2) is 8.78 Å². The van der Waals surface area contributed by atoms with Crippen LogP contribution in [-0.2, 0) is 0 Å². The topological polar surface area (TPSA) is 75.3 Å². The Morgan fingerprint density at radius 3 is 2.26 bits per heavy atom. The highest BCUT2D eigenvalue weighted by Crippen LogP contribution is 2.23. The molecule has 6 heteroatoms. The second kappa shape index (κ2) is 4.77. The second-order valence-corrected chi connectivity index (χ2v) is 5.46. The van der Waals surface area contributed by atoms with Crippen LogP contribution in [0.2, 0.25) is 0 Å². The van der Waals surface area contributed by atoms with E-state index in [1.165, 1.54) is 13.8 Å². The number of carbonyl (C=O) groups is 1. The van der Waals surface area contributed by atoms with Gasteiger partial charge in [-0.15, -0.1) is 0 Å². The predicted molar refractivity (Wildman–Crippen MR) is 68.6 cm³/mol. The molecule has 0 bridgehead atoms. The number of nitrogen functional groups attached to an aromatic ring is 1. The number of halogens is 2. The van der Waals surface area contributed by atoms with Crippen LogP contribution in [0.5, 0.6) is 0 Å². The first-order chi connectivity index (χ1) is 8.47. The van der Waals surface area contributed by atoms with Gasteiger partial charge in [0.1, 0.15) is 11.4 Å². The molecule has 1 aromatic carbocycles. The minimum Gasteiger partial charge on any atom is -0.396 e. The highest BCUT2D eigenvalue weighted by molar-refractivity contribution is 5.96. The number of nitrogens with one attached hydrogen (secondary N) is 1. The SMILES string of the molecule is CC(C)(O)C(C)(C)NC(=O)c1c(F)ccc(N)c1F. The average Bonchev–Trinajstić information content (AvgIpc) is 2.21. The second-order valence-electron chi connectivity index (χ2n) is 5.46. The van der Waals surface area contributed by atoms with Gasteiger partial charge in [-0.3, -0.25) is 4.79 Å². The van der Waals surface area contributed by atoms with Crippen LogP contribution in [-0.4, -0.2) is 22.2 Å². The minimum absolute atomic E-state index is 0.312. The van der Waals surface area contributed by atoms with E-state index in [-0.39, 0.29) is 5.69 Å². The summed E-state index contributed by atoms with van der Waals surface area (Å²) in [6.07, 6.45) is 0. The van der Waals surface area contributed by atoms with Gasteiger partial charge < -0.3 is 16.2 Å². The molecule has 0 spiro atoms. The Bertz CT molecular complexity index is 508. The number of amides is 1. The summed E-state index contributed by atoms with van der Waals surface area (Å²) >= 11 is 0. The molecule has 19 heavy (non-hydrogen) atoms. The Morgan fingerprint density at radius 2 is 1.79 bits per heavy atom. The normalized spacial score (nSPS) is 12.4. The number of rotatable bonds is 3. The maximum atomic E-state index is 13.7. The Labute approximate surface area is 110 Å². The van der Waals surface area contributed by atoms with Crippen molar-refractivity contribution in [3.8, 4) is 0 Å². The van der Waals surface area contributed by atoms with E-state index in [1.807, 2.05) is 0 Å². The molecule has 0 unspecified atom stereocenters. The van der Waals surface area contributed by atoms with E-state index in [1.54, 1.807) is 13.8 Å². The number of nitrogens with two attached hydrogens (primary N) is 1. The molecule has 0 fully saturated rings. The molecule has 0 aromatic heterocycles. The monoisotopic (exact) mass is 272 g/mol. The standard InChI is InChI=1S/C13H18F2N2O2/c1-12(2,13(3,4)19)17-11(18)9-7(14)5-6-8(16)10(9)15/h5-6,19H,16H2,1-4H3,(H,17,18). The van der Waals surface area contributed by atoms with Gasteiger partial charge in [0.2, 0.25) is 0 Å². The molecule has 0 aliphatic carbocycles. The lowest BCUT2D eigenvalue weighted by molar-refractivity contribution is -0.00308. The summed E-state index contributed by atoms with van der Waals surface area (Å²) in [4.78, 5) is 11.9. The lowest BCUT2D eigenvalue weighted by Crippen LogP contribution is -2.57. The van der Waals surface area contributed by atoms with Gasteiger partial charge in [0, 0.05) is 0 Å². The van der Waals surface area contributed by atoms with E-state index in [9.17, 15) is 18.7 Å². The Kier molecular flexibility index (Phi) is 3.86. The van der Waals surface area contributed by atoms with Crippen molar-refractivity contribution in [1.82, 2.24) is 5.32 Å². The quantitative estimate of drug-likeness (QED) is 0.735. The van der Waals surface area contributed by atoms with Crippen molar-refractivity contribution in [2.75, 3.05) is 5.73 Å². The summed E-state index contributed by atoms with van der Waals surface area (Å²) < 4.78 is 27.2. The van der Waals surface area contributed by atoms with Crippen molar-refractivity contribution < 1.29 is 18.7 Å². The van der Waals surface area contributed by atoms with E-state index >= 15 is 0 Å². The van der Waals surface area contributed by atoms with Crippen molar-refractivity contribution in [1.29, 1.82) is 0 Å². The van der Waals surface area contributed by atoms with E-state index in [2.05, 4.69) is 5.32 Å². The smallest absolute Gasteiger partial charge is 0.257 e. The third kappa shape index (κ3) is 3.01. The molecule has 0 saturated carbocycles. The van der Waals surface area contributed by atoms with Gasteiger partial charge in [-0.05, 0) is 39.8 Å². The predicted octanol–water partition coefficient (Wildman–Crippen LogP) is 1.83. The summed E-state index contributed by atoms with van der Waals surface area (Å²) in [6, 6.07) is 1.97. The first kappa shape index (κ1) is 15.4. The third-order valence-electron chi connectivity index (χ3n) is 3.30. The highest BCUT2D eigenvalue weighted by Gasteiger charge is 2.37. The number of aliphatic hydroxyl groups is 1. The zero-order valence-corrected chi connectivity index (χ0v) is 11.3. The summed E-state index contributed by atoms with van der Waals surface area (Å²) in [5.41, 5.74) is 1.90. The molecule has 1 amide bonds. The van der Waals surface area contributed by atoms with Gasteiger partial charge in [-0.2, -0.15) is 0 Å². The van der Waals surface area contributed by atoms with Crippen LogP contribution < -0.4 is 11.1 Å². The van der Waals surface area contributed by atoms with Crippen molar-refractivity contribution in [3.05, 3.63) is 29.3 Å². The molecule has 0 heterocycles. The molecule has 4 nitrogen and oxygen atoms in total. The lowest BCUT2D eigenvalue weighted by Gasteiger charge is -2.38. The fourth-order valence-electron chi connectivity index (χ4n) is 1.28. The van der Waals surface area contributed by atoms with Gasteiger partial charge in [0.15, 0.2) is 5.82 Å². The number of hydrogen-bond donors (Lipinski definition) is 3. The number of benzene rings is 1. The van der Waals surface area contributed by atoms with Crippen LogP contribution in [0.3, 0.4) is 0 Å². The van der Waals surface area contributed by atoms with Crippen molar-refractivity contribution in [3.63, 3.8) is 0 Å². The number of hydrogen-bond acceptors (Lipinski definition) is 3. The minimum atomic E-state index is -1.27. The van der Waals surface area contributed by atoms with Crippen LogP contribution in [0.25, 0.3) is 0 Å². The molecule has 0 radical (unpaired) electrons. The van der Waals surface area contributed by atoms with Crippen LogP contribution >= 0.6 is 0 Å². The molecule has 0 aliphatic heterocycles. The first-order valence-electron chi connectivity index (χ1n) is 5.76. The fraction of sp³-hybridized carbons (Fsp3) is 0.462. The molecule has 0 saturated heterocycles. The van der Waals surface area contributed by atoms with Crippen LogP contribution in [0.1, 0.15) is 38.1 Å². The molecule has 106 valence electrons. The highest BCUT2D eigenvalue weighted by atomic mass is 19.1. The Hall–Kier alpha value is -1.69. The Balaban J connectivity index is 3.14. The molecule has 0 aliphatic rings. The summed E-state index contributed by atoms with van der Waals surface area (Å²) in [5.74, 6) is -3.07. The molecule has 1 rings (SSSR count). The van der Waals surface area contributed by atoms with E-state index in [0.717, 1.165) is 12.1 Å². The summed E-state index contributed by atoms with van der Waals surface area (Å²) in [5, 5.41) is 12.3. The molecular weight excluding hydrogens is 254 g/mol. The van der Waals surface area contributed by atoms with Gasteiger partial charge in [-0.1, -0.05) is 0 Å². The van der Waals surface area contributed by atoms with Gasteiger partial charge in [0.05, 0.1) is 16.8 Å². The zero-order chi connectivity index (χ0) is 15.0. The van der Waals surface area contributed by atoms with Crippen LogP contribution in [0.4, 0.5) is 14.5 Å². The zero-order valence-electron chi connectivity index (χ0n) is 11.3. The maximum Gasteiger partial charge on any atom is 0.257 e. The maximum absolute atomic E-state index is 13.7. The lowest BCUT2D eigenvalue weighted by atomic mass is 9.85. The summed E-state index contributed by atoms with van der Waals surface area (Å²) in [6.45, 7) is 6.07. The van der Waals surface area contributed by atoms with E-state index in [0.29, 0.717) is 0 Å².